The van der Waals surface area contributed by atoms with E-state index in [1.807, 2.05) is 13.8 Å². The number of rotatable bonds is 2. The van der Waals surface area contributed by atoms with E-state index in [4.69, 9.17) is 16.7 Å². The number of hydrogen-bond donors (Lipinski definition) is 2. The second-order valence-electron chi connectivity index (χ2n) is 4.50. The summed E-state index contributed by atoms with van der Waals surface area (Å²) in [6, 6.07) is 7.12. The zero-order valence-corrected chi connectivity index (χ0v) is 13.2. The molecule has 5 heteroatoms. The minimum atomic E-state index is -0.192. The smallest absolute Gasteiger partial charge is 0.265 e. The van der Waals surface area contributed by atoms with Gasteiger partial charge in [-0.05, 0) is 49.2 Å². The number of amides is 1. The molecule has 108 valence electrons. The molecular formula is C16H14ClNO2S. The van der Waals surface area contributed by atoms with Gasteiger partial charge in [-0.3, -0.25) is 4.79 Å². The molecule has 1 heterocycles. The van der Waals surface area contributed by atoms with Gasteiger partial charge in [0.1, 0.15) is 6.61 Å². The van der Waals surface area contributed by atoms with Crippen LogP contribution in [0.1, 0.15) is 25.7 Å². The normalized spacial score (nSPS) is 9.90. The highest BCUT2D eigenvalue weighted by atomic mass is 35.5. The molecule has 0 fully saturated rings. The summed E-state index contributed by atoms with van der Waals surface area (Å²) in [5, 5.41) is 12.2. The summed E-state index contributed by atoms with van der Waals surface area (Å²) >= 11 is 7.21. The van der Waals surface area contributed by atoms with Gasteiger partial charge in [0.2, 0.25) is 0 Å². The van der Waals surface area contributed by atoms with E-state index in [2.05, 4.69) is 17.2 Å². The zero-order chi connectivity index (χ0) is 15.4. The van der Waals surface area contributed by atoms with Crippen molar-refractivity contribution in [1.29, 1.82) is 0 Å². The van der Waals surface area contributed by atoms with E-state index >= 15 is 0 Å². The molecule has 0 spiro atoms. The van der Waals surface area contributed by atoms with Crippen LogP contribution in [0, 0.1) is 25.7 Å². The highest BCUT2D eigenvalue weighted by Crippen LogP contribution is 2.24. The number of benzene rings is 1. The summed E-state index contributed by atoms with van der Waals surface area (Å²) in [6.07, 6.45) is 0. The first-order chi connectivity index (χ1) is 10.0. The average molecular weight is 320 g/mol. The van der Waals surface area contributed by atoms with Crippen molar-refractivity contribution in [3.63, 3.8) is 0 Å². The van der Waals surface area contributed by atoms with Crippen molar-refractivity contribution in [2.24, 2.45) is 0 Å². The van der Waals surface area contributed by atoms with Gasteiger partial charge in [-0.2, -0.15) is 0 Å². The molecule has 1 amide bonds. The quantitative estimate of drug-likeness (QED) is 0.831. The molecule has 0 aliphatic carbocycles. The molecule has 0 bridgehead atoms. The van der Waals surface area contributed by atoms with Crippen LogP contribution in [0.5, 0.6) is 0 Å². The van der Waals surface area contributed by atoms with Gasteiger partial charge in [0, 0.05) is 10.7 Å². The van der Waals surface area contributed by atoms with Crippen molar-refractivity contribution >= 4 is 34.5 Å². The first-order valence-electron chi connectivity index (χ1n) is 6.29. The van der Waals surface area contributed by atoms with Gasteiger partial charge in [0.05, 0.1) is 9.75 Å². The monoisotopic (exact) mass is 319 g/mol. The van der Waals surface area contributed by atoms with Gasteiger partial charge in [-0.25, -0.2) is 0 Å². The van der Waals surface area contributed by atoms with E-state index in [0.29, 0.717) is 9.90 Å². The Morgan fingerprint density at radius 2 is 2.10 bits per heavy atom. The molecule has 2 N–H and O–H groups in total. The van der Waals surface area contributed by atoms with E-state index < -0.39 is 0 Å². The van der Waals surface area contributed by atoms with E-state index in [0.717, 1.165) is 21.7 Å². The van der Waals surface area contributed by atoms with Crippen molar-refractivity contribution in [2.75, 3.05) is 11.9 Å². The third kappa shape index (κ3) is 3.85. The molecule has 0 saturated carbocycles. The van der Waals surface area contributed by atoms with Gasteiger partial charge < -0.3 is 10.4 Å². The number of aryl methyl sites for hydroxylation is 2. The van der Waals surface area contributed by atoms with Gasteiger partial charge >= 0.3 is 0 Å². The molecule has 0 atom stereocenters. The van der Waals surface area contributed by atoms with E-state index in [-0.39, 0.29) is 12.5 Å². The molecule has 2 aromatic rings. The van der Waals surface area contributed by atoms with Crippen molar-refractivity contribution in [2.45, 2.75) is 13.8 Å². The minimum Gasteiger partial charge on any atom is -0.384 e. The number of carbonyl (C=O) groups excluding carboxylic acids is 1. The molecule has 0 aliphatic rings. The van der Waals surface area contributed by atoms with Gasteiger partial charge in [-0.1, -0.05) is 23.4 Å². The Balaban J connectivity index is 2.21. The molecular weight excluding hydrogens is 306 g/mol. The van der Waals surface area contributed by atoms with Crippen LogP contribution in [0.4, 0.5) is 5.69 Å². The topological polar surface area (TPSA) is 49.3 Å². The first kappa shape index (κ1) is 15.6. The number of aliphatic hydroxyl groups excluding tert-OH is 1. The maximum atomic E-state index is 12.3. The molecule has 0 radical (unpaired) electrons. The minimum absolute atomic E-state index is 0.175. The highest BCUT2D eigenvalue weighted by Gasteiger charge is 2.12. The molecule has 2 rings (SSSR count). The van der Waals surface area contributed by atoms with Crippen LogP contribution in [0.2, 0.25) is 5.02 Å². The van der Waals surface area contributed by atoms with E-state index in [1.165, 1.54) is 11.3 Å². The summed E-state index contributed by atoms with van der Waals surface area (Å²) in [7, 11) is 0. The van der Waals surface area contributed by atoms with Crippen LogP contribution in [0.3, 0.4) is 0 Å². The number of hydrogen-bond acceptors (Lipinski definition) is 3. The lowest BCUT2D eigenvalue weighted by Gasteiger charge is -2.07. The lowest BCUT2D eigenvalue weighted by Crippen LogP contribution is -2.11. The molecule has 0 aliphatic heterocycles. The average Bonchev–Trinajstić information content (AvgIpc) is 2.81. The van der Waals surface area contributed by atoms with Crippen molar-refractivity contribution < 1.29 is 9.90 Å². The van der Waals surface area contributed by atoms with Crippen LogP contribution in [-0.4, -0.2) is 17.6 Å². The Labute approximate surface area is 132 Å². The maximum Gasteiger partial charge on any atom is 0.265 e. The summed E-state index contributed by atoms with van der Waals surface area (Å²) in [6.45, 7) is 3.59. The van der Waals surface area contributed by atoms with Crippen LogP contribution in [0.25, 0.3) is 0 Å². The maximum absolute atomic E-state index is 12.3. The standard InChI is InChI=1S/C16H14ClNO2S/c1-10-8-12(17)5-6-13(10)18-16(20)15-9-11(2)14(21-15)4-3-7-19/h5-6,8-9,19H,7H2,1-2H3,(H,18,20). The number of aliphatic hydroxyl groups is 1. The molecule has 1 aromatic heterocycles. The van der Waals surface area contributed by atoms with Gasteiger partial charge in [-0.15, -0.1) is 11.3 Å². The number of halogens is 1. The summed E-state index contributed by atoms with van der Waals surface area (Å²) < 4.78 is 0. The zero-order valence-electron chi connectivity index (χ0n) is 11.7. The van der Waals surface area contributed by atoms with Gasteiger partial charge in [0.25, 0.3) is 5.91 Å². The highest BCUT2D eigenvalue weighted by molar-refractivity contribution is 7.14. The second kappa shape index (κ2) is 6.77. The first-order valence-corrected chi connectivity index (χ1v) is 7.48. The predicted molar refractivity (Wildman–Crippen MR) is 87.2 cm³/mol. The van der Waals surface area contributed by atoms with E-state index in [9.17, 15) is 4.79 Å². The van der Waals surface area contributed by atoms with E-state index in [1.54, 1.807) is 24.3 Å². The summed E-state index contributed by atoms with van der Waals surface area (Å²) in [4.78, 5) is 13.6. The second-order valence-corrected chi connectivity index (χ2v) is 5.98. The third-order valence-corrected chi connectivity index (χ3v) is 4.25. The fourth-order valence-electron chi connectivity index (χ4n) is 1.79. The molecule has 0 saturated heterocycles. The van der Waals surface area contributed by atoms with Crippen molar-refractivity contribution in [1.82, 2.24) is 0 Å². The lowest BCUT2D eigenvalue weighted by atomic mass is 10.2. The Bertz CT molecular complexity index is 740. The largest absolute Gasteiger partial charge is 0.384 e. The number of thiophene rings is 1. The van der Waals surface area contributed by atoms with Crippen molar-refractivity contribution in [3.8, 4) is 11.8 Å². The van der Waals surface area contributed by atoms with Crippen LogP contribution >= 0.6 is 22.9 Å². The summed E-state index contributed by atoms with van der Waals surface area (Å²) in [5.41, 5.74) is 2.57. The SMILES string of the molecule is Cc1cc(Cl)ccc1NC(=O)c1cc(C)c(C#CCO)s1. The van der Waals surface area contributed by atoms with Crippen LogP contribution in [0.15, 0.2) is 24.3 Å². The molecule has 0 unspecified atom stereocenters. The summed E-state index contributed by atoms with van der Waals surface area (Å²) in [5.74, 6) is 5.26. The van der Waals surface area contributed by atoms with Crippen molar-refractivity contribution in [3.05, 3.63) is 50.2 Å². The Hall–Kier alpha value is -1.80. The number of carbonyl (C=O) groups is 1. The predicted octanol–water partition coefficient (Wildman–Crippen LogP) is 3.61. The Morgan fingerprint density at radius 1 is 1.33 bits per heavy atom. The third-order valence-electron chi connectivity index (χ3n) is 2.86. The van der Waals surface area contributed by atoms with Crippen LogP contribution in [-0.2, 0) is 0 Å². The molecule has 3 nitrogen and oxygen atoms in total. The fraction of sp³-hybridized carbons (Fsp3) is 0.188. The van der Waals surface area contributed by atoms with Gasteiger partial charge in [0.15, 0.2) is 0 Å². The fourth-order valence-corrected chi connectivity index (χ4v) is 2.96. The lowest BCUT2D eigenvalue weighted by molar-refractivity contribution is 0.103. The molecule has 21 heavy (non-hydrogen) atoms. The van der Waals surface area contributed by atoms with Crippen LogP contribution < -0.4 is 5.32 Å². The Kier molecular flexibility index (Phi) is 5.03. The number of anilines is 1. The Morgan fingerprint density at radius 3 is 2.76 bits per heavy atom. The molecule has 1 aromatic carbocycles. The number of nitrogens with one attached hydrogen (secondary N) is 1.